The summed E-state index contributed by atoms with van der Waals surface area (Å²) in [6, 6.07) is 5.14. The second-order valence-electron chi connectivity index (χ2n) is 6.70. The van der Waals surface area contributed by atoms with Crippen LogP contribution in [0.15, 0.2) is 18.2 Å². The third-order valence-electron chi connectivity index (χ3n) is 4.66. The molecular weight excluding hydrogens is 322 g/mol. The monoisotopic (exact) mass is 345 g/mol. The normalized spacial score (nSPS) is 17.4. The number of likely N-dealkylation sites (N-methyl/N-ethyl adjacent to an activating group) is 1. The lowest BCUT2D eigenvalue weighted by molar-refractivity contribution is -0.135. The molecule has 134 valence electrons. The van der Waals surface area contributed by atoms with E-state index in [1.165, 1.54) is 4.90 Å². The van der Waals surface area contributed by atoms with Gasteiger partial charge in [0.2, 0.25) is 5.91 Å². The van der Waals surface area contributed by atoms with Crippen LogP contribution in [-0.4, -0.2) is 67.4 Å². The third-order valence-corrected chi connectivity index (χ3v) is 4.66. The molecule has 0 radical (unpaired) electrons. The fraction of sp³-hybridized carbons (Fsp3) is 0.500. The molecule has 3 amide bonds. The summed E-state index contributed by atoms with van der Waals surface area (Å²) in [5.41, 5.74) is 1.13. The first-order valence-corrected chi connectivity index (χ1v) is 8.50. The Balaban J connectivity index is 1.70. The third kappa shape index (κ3) is 3.31. The quantitative estimate of drug-likeness (QED) is 0.801. The fourth-order valence-corrected chi connectivity index (χ4v) is 3.08. The zero-order valence-electron chi connectivity index (χ0n) is 14.8. The molecule has 2 heterocycles. The van der Waals surface area contributed by atoms with Gasteiger partial charge in [0.05, 0.1) is 5.69 Å². The van der Waals surface area contributed by atoms with Crippen molar-refractivity contribution >= 4 is 23.4 Å². The van der Waals surface area contributed by atoms with E-state index in [1.807, 2.05) is 18.7 Å². The molecule has 1 fully saturated rings. The van der Waals surface area contributed by atoms with Crippen LogP contribution in [0, 0.1) is 5.92 Å². The van der Waals surface area contributed by atoms with Crippen molar-refractivity contribution in [2.75, 3.05) is 44.7 Å². The van der Waals surface area contributed by atoms with E-state index < -0.39 is 0 Å². The Labute approximate surface area is 147 Å². The van der Waals surface area contributed by atoms with Crippen molar-refractivity contribution in [2.24, 2.45) is 5.92 Å². The summed E-state index contributed by atoms with van der Waals surface area (Å²) in [5, 5.41) is 0. The van der Waals surface area contributed by atoms with Gasteiger partial charge in [-0.25, -0.2) is 0 Å². The van der Waals surface area contributed by atoms with Crippen molar-refractivity contribution < 1.29 is 19.1 Å². The predicted molar refractivity (Wildman–Crippen MR) is 92.7 cm³/mol. The minimum absolute atomic E-state index is 0.0165. The number of ether oxygens (including phenoxy) is 1. The summed E-state index contributed by atoms with van der Waals surface area (Å²) in [7, 11) is 1.67. The summed E-state index contributed by atoms with van der Waals surface area (Å²) >= 11 is 0. The number of carbonyl (C=O) groups is 3. The number of nitrogens with zero attached hydrogens (tertiary/aromatic N) is 3. The summed E-state index contributed by atoms with van der Waals surface area (Å²) in [6.45, 7) is 5.91. The minimum Gasteiger partial charge on any atom is -0.482 e. The highest BCUT2D eigenvalue weighted by Crippen LogP contribution is 2.32. The standard InChI is InChI=1S/C18H23N3O4/c1-12(2)17(23)20-6-8-21(9-7-20)18(24)13-4-5-15-14(10-13)19(3)16(22)11-25-15/h4-5,10,12H,6-9,11H2,1-3H3. The maximum atomic E-state index is 12.8. The van der Waals surface area contributed by atoms with Crippen molar-refractivity contribution in [2.45, 2.75) is 13.8 Å². The zero-order valence-corrected chi connectivity index (χ0v) is 14.8. The SMILES string of the molecule is CC(C)C(=O)N1CCN(C(=O)c2ccc3c(c2)N(C)C(=O)CO3)CC1. The van der Waals surface area contributed by atoms with Crippen LogP contribution in [-0.2, 0) is 9.59 Å². The highest BCUT2D eigenvalue weighted by Gasteiger charge is 2.28. The fourth-order valence-electron chi connectivity index (χ4n) is 3.08. The van der Waals surface area contributed by atoms with Gasteiger partial charge in [0.15, 0.2) is 6.61 Å². The molecule has 7 heteroatoms. The molecule has 0 unspecified atom stereocenters. The van der Waals surface area contributed by atoms with E-state index in [0.29, 0.717) is 43.2 Å². The van der Waals surface area contributed by atoms with Crippen LogP contribution in [0.5, 0.6) is 5.75 Å². The van der Waals surface area contributed by atoms with Crippen LogP contribution < -0.4 is 9.64 Å². The van der Waals surface area contributed by atoms with Gasteiger partial charge in [0.25, 0.3) is 11.8 Å². The molecule has 0 saturated carbocycles. The molecule has 1 aromatic carbocycles. The van der Waals surface area contributed by atoms with E-state index in [-0.39, 0.29) is 30.2 Å². The first-order chi connectivity index (χ1) is 11.9. The summed E-state index contributed by atoms with van der Waals surface area (Å²) in [4.78, 5) is 41.6. The number of amides is 3. The second kappa shape index (κ2) is 6.74. The molecule has 0 bridgehead atoms. The Bertz CT molecular complexity index is 708. The van der Waals surface area contributed by atoms with Gasteiger partial charge in [-0.2, -0.15) is 0 Å². The number of carbonyl (C=O) groups excluding carboxylic acids is 3. The van der Waals surface area contributed by atoms with Gasteiger partial charge < -0.3 is 19.4 Å². The number of fused-ring (bicyclic) bond motifs is 1. The van der Waals surface area contributed by atoms with Gasteiger partial charge in [-0.05, 0) is 18.2 Å². The molecular formula is C18H23N3O4. The molecule has 2 aliphatic heterocycles. The molecule has 0 spiro atoms. The summed E-state index contributed by atoms with van der Waals surface area (Å²) in [5.74, 6) is 0.462. The Kier molecular flexibility index (Phi) is 4.65. The molecule has 7 nitrogen and oxygen atoms in total. The van der Waals surface area contributed by atoms with Crippen molar-refractivity contribution in [1.29, 1.82) is 0 Å². The highest BCUT2D eigenvalue weighted by atomic mass is 16.5. The van der Waals surface area contributed by atoms with Crippen LogP contribution in [0.2, 0.25) is 0 Å². The van der Waals surface area contributed by atoms with Gasteiger partial charge >= 0.3 is 0 Å². The van der Waals surface area contributed by atoms with E-state index in [1.54, 1.807) is 30.1 Å². The molecule has 25 heavy (non-hydrogen) atoms. The van der Waals surface area contributed by atoms with E-state index in [0.717, 1.165) is 0 Å². The van der Waals surface area contributed by atoms with Gasteiger partial charge in [0.1, 0.15) is 5.75 Å². The minimum atomic E-state index is -0.141. The van der Waals surface area contributed by atoms with Crippen molar-refractivity contribution in [3.8, 4) is 5.75 Å². The van der Waals surface area contributed by atoms with E-state index in [9.17, 15) is 14.4 Å². The number of anilines is 1. The molecule has 0 atom stereocenters. The van der Waals surface area contributed by atoms with Crippen LogP contribution in [0.25, 0.3) is 0 Å². The average molecular weight is 345 g/mol. The van der Waals surface area contributed by atoms with E-state index in [4.69, 9.17) is 4.74 Å². The van der Waals surface area contributed by atoms with Gasteiger partial charge in [0, 0.05) is 44.7 Å². The van der Waals surface area contributed by atoms with Gasteiger partial charge in [-0.1, -0.05) is 13.8 Å². The zero-order chi connectivity index (χ0) is 18.1. The number of benzene rings is 1. The Morgan fingerprint density at radius 1 is 1.08 bits per heavy atom. The Hall–Kier alpha value is -2.57. The molecule has 2 aliphatic rings. The average Bonchev–Trinajstić information content (AvgIpc) is 2.63. The summed E-state index contributed by atoms with van der Waals surface area (Å²) < 4.78 is 5.39. The Morgan fingerprint density at radius 2 is 1.72 bits per heavy atom. The lowest BCUT2D eigenvalue weighted by Gasteiger charge is -2.36. The molecule has 0 N–H and O–H groups in total. The highest BCUT2D eigenvalue weighted by molar-refractivity contribution is 6.01. The first kappa shape index (κ1) is 17.3. The van der Waals surface area contributed by atoms with Gasteiger partial charge in [-0.15, -0.1) is 0 Å². The predicted octanol–water partition coefficient (Wildman–Crippen LogP) is 0.982. The number of rotatable bonds is 2. The maximum absolute atomic E-state index is 12.8. The van der Waals surface area contributed by atoms with E-state index in [2.05, 4.69) is 0 Å². The summed E-state index contributed by atoms with van der Waals surface area (Å²) in [6.07, 6.45) is 0. The number of hydrogen-bond donors (Lipinski definition) is 0. The number of piperazine rings is 1. The Morgan fingerprint density at radius 3 is 2.36 bits per heavy atom. The topological polar surface area (TPSA) is 70.2 Å². The van der Waals surface area contributed by atoms with Crippen LogP contribution in [0.1, 0.15) is 24.2 Å². The molecule has 1 saturated heterocycles. The van der Waals surface area contributed by atoms with Crippen molar-refractivity contribution in [3.63, 3.8) is 0 Å². The van der Waals surface area contributed by atoms with E-state index >= 15 is 0 Å². The largest absolute Gasteiger partial charge is 0.482 e. The molecule has 0 aliphatic carbocycles. The maximum Gasteiger partial charge on any atom is 0.264 e. The first-order valence-electron chi connectivity index (χ1n) is 8.50. The molecule has 3 rings (SSSR count). The van der Waals surface area contributed by atoms with Crippen LogP contribution in [0.3, 0.4) is 0 Å². The smallest absolute Gasteiger partial charge is 0.264 e. The lowest BCUT2D eigenvalue weighted by Crippen LogP contribution is -2.51. The van der Waals surface area contributed by atoms with Gasteiger partial charge in [-0.3, -0.25) is 14.4 Å². The van der Waals surface area contributed by atoms with Crippen LogP contribution in [0.4, 0.5) is 5.69 Å². The van der Waals surface area contributed by atoms with Crippen molar-refractivity contribution in [3.05, 3.63) is 23.8 Å². The van der Waals surface area contributed by atoms with Crippen molar-refractivity contribution in [1.82, 2.24) is 9.80 Å². The molecule has 1 aromatic rings. The second-order valence-corrected chi connectivity index (χ2v) is 6.70. The lowest BCUT2D eigenvalue weighted by atomic mass is 10.1. The van der Waals surface area contributed by atoms with Crippen LogP contribution >= 0.6 is 0 Å². The number of hydrogen-bond acceptors (Lipinski definition) is 4. The molecule has 0 aromatic heterocycles.